The molecule has 0 saturated heterocycles. The van der Waals surface area contributed by atoms with Crippen LogP contribution in [0.1, 0.15) is 23.0 Å². The van der Waals surface area contributed by atoms with Crippen LogP contribution in [-0.4, -0.2) is 17.7 Å². The lowest BCUT2D eigenvalue weighted by Crippen LogP contribution is -2.49. The van der Waals surface area contributed by atoms with Crippen LogP contribution in [0.3, 0.4) is 0 Å². The molecule has 4 aromatic carbocycles. The lowest BCUT2D eigenvalue weighted by atomic mass is 9.53. The van der Waals surface area contributed by atoms with Gasteiger partial charge in [0.1, 0.15) is 5.75 Å². The first-order valence-electron chi connectivity index (χ1n) is 10.7. The average Bonchev–Trinajstić information content (AvgIpc) is 2.79. The van der Waals surface area contributed by atoms with Gasteiger partial charge in [-0.2, -0.15) is 0 Å². The van der Waals surface area contributed by atoms with E-state index in [1.165, 1.54) is 5.39 Å². The lowest BCUT2D eigenvalue weighted by Gasteiger charge is -2.50. The molecule has 0 heterocycles. The highest BCUT2D eigenvalue weighted by molar-refractivity contribution is 5.83. The van der Waals surface area contributed by atoms with Crippen LogP contribution < -0.4 is 4.74 Å². The van der Waals surface area contributed by atoms with Crippen molar-refractivity contribution in [3.05, 3.63) is 114 Å². The van der Waals surface area contributed by atoms with Crippen LogP contribution in [0, 0.1) is 11.8 Å². The highest BCUT2D eigenvalue weighted by Crippen LogP contribution is 2.57. The Morgan fingerprint density at radius 3 is 1.84 bits per heavy atom. The van der Waals surface area contributed by atoms with Crippen LogP contribution in [-0.2, 0) is 4.79 Å². The maximum absolute atomic E-state index is 12.3. The summed E-state index contributed by atoms with van der Waals surface area (Å²) in [4.78, 5) is 12.3. The lowest BCUT2D eigenvalue weighted by molar-refractivity contribution is -0.150. The summed E-state index contributed by atoms with van der Waals surface area (Å²) >= 11 is 0. The van der Waals surface area contributed by atoms with Crippen molar-refractivity contribution < 1.29 is 14.6 Å². The minimum atomic E-state index is -0.746. The highest BCUT2D eigenvalue weighted by atomic mass is 16.5. The molecule has 1 aliphatic carbocycles. The smallest absolute Gasteiger partial charge is 0.307 e. The van der Waals surface area contributed by atoms with Gasteiger partial charge in [-0.15, -0.1) is 0 Å². The van der Waals surface area contributed by atoms with Crippen molar-refractivity contribution in [1.29, 1.82) is 0 Å². The zero-order chi connectivity index (χ0) is 21.2. The standard InChI is InChI=1S/C28H24O3/c29-28(30)27-25(20-10-3-1-4-11-20)24(26(27)21-12-5-2-6-13-21)18-31-23-16-15-19-9-7-8-14-22(19)17-23/h1-17,24-27H,18H2,(H,29,30)/t24-,25-,26-,27+/m1/s1. The Morgan fingerprint density at radius 1 is 0.710 bits per heavy atom. The average molecular weight is 408 g/mol. The number of fused-ring (bicyclic) bond motifs is 1. The molecule has 1 saturated carbocycles. The largest absolute Gasteiger partial charge is 0.493 e. The van der Waals surface area contributed by atoms with Crippen molar-refractivity contribution in [3.63, 3.8) is 0 Å². The summed E-state index contributed by atoms with van der Waals surface area (Å²) in [6, 6.07) is 34.3. The number of carboxylic acid groups (broad SMARTS) is 1. The summed E-state index contributed by atoms with van der Waals surface area (Å²) in [6.07, 6.45) is 0. The van der Waals surface area contributed by atoms with E-state index in [9.17, 15) is 9.90 Å². The Bertz CT molecular complexity index is 1140. The third kappa shape index (κ3) is 3.68. The molecular formula is C28H24O3. The number of hydrogen-bond acceptors (Lipinski definition) is 2. The fourth-order valence-corrected chi connectivity index (χ4v) is 5.06. The van der Waals surface area contributed by atoms with Gasteiger partial charge in [-0.3, -0.25) is 4.79 Å². The fraction of sp³-hybridized carbons (Fsp3) is 0.179. The third-order valence-corrected chi connectivity index (χ3v) is 6.51. The number of carboxylic acids is 1. The molecule has 5 rings (SSSR count). The molecule has 4 aromatic rings. The molecule has 154 valence electrons. The minimum Gasteiger partial charge on any atom is -0.493 e. The molecule has 0 spiro atoms. The Balaban J connectivity index is 1.46. The third-order valence-electron chi connectivity index (χ3n) is 6.51. The van der Waals surface area contributed by atoms with Gasteiger partial charge in [0.05, 0.1) is 12.5 Å². The summed E-state index contributed by atoms with van der Waals surface area (Å²) in [6.45, 7) is 0.473. The monoisotopic (exact) mass is 408 g/mol. The number of benzene rings is 4. The van der Waals surface area contributed by atoms with Crippen LogP contribution in [0.25, 0.3) is 10.8 Å². The molecule has 0 amide bonds. The van der Waals surface area contributed by atoms with Crippen LogP contribution in [0.15, 0.2) is 103 Å². The molecule has 0 radical (unpaired) electrons. The van der Waals surface area contributed by atoms with Crippen LogP contribution in [0.2, 0.25) is 0 Å². The number of ether oxygens (including phenoxy) is 1. The van der Waals surface area contributed by atoms with Crippen molar-refractivity contribution in [2.45, 2.75) is 11.8 Å². The van der Waals surface area contributed by atoms with E-state index in [4.69, 9.17) is 4.74 Å². The first-order chi connectivity index (χ1) is 15.2. The van der Waals surface area contributed by atoms with Crippen molar-refractivity contribution in [2.24, 2.45) is 11.8 Å². The summed E-state index contributed by atoms with van der Waals surface area (Å²) in [5.74, 6) is -0.471. The van der Waals surface area contributed by atoms with E-state index in [2.05, 4.69) is 24.3 Å². The van der Waals surface area contributed by atoms with E-state index in [1.54, 1.807) is 0 Å². The van der Waals surface area contributed by atoms with Gasteiger partial charge in [0, 0.05) is 17.8 Å². The predicted octanol–water partition coefficient (Wildman–Crippen LogP) is 6.12. The molecule has 0 bridgehead atoms. The molecule has 1 fully saturated rings. The first kappa shape index (κ1) is 19.4. The van der Waals surface area contributed by atoms with Gasteiger partial charge in [0.2, 0.25) is 0 Å². The second-order valence-corrected chi connectivity index (χ2v) is 8.22. The van der Waals surface area contributed by atoms with E-state index in [1.807, 2.05) is 78.9 Å². The summed E-state index contributed by atoms with van der Waals surface area (Å²) < 4.78 is 6.26. The highest BCUT2D eigenvalue weighted by Gasteiger charge is 2.55. The Kier molecular flexibility index (Phi) is 5.17. The van der Waals surface area contributed by atoms with Crippen molar-refractivity contribution in [1.82, 2.24) is 0 Å². The van der Waals surface area contributed by atoms with Gasteiger partial charge in [0.25, 0.3) is 0 Å². The van der Waals surface area contributed by atoms with E-state index in [-0.39, 0.29) is 17.8 Å². The molecule has 2 atom stereocenters. The van der Waals surface area contributed by atoms with E-state index in [0.717, 1.165) is 22.3 Å². The first-order valence-corrected chi connectivity index (χ1v) is 10.7. The fourth-order valence-electron chi connectivity index (χ4n) is 5.06. The van der Waals surface area contributed by atoms with Gasteiger partial charge in [-0.05, 0) is 34.0 Å². The molecule has 1 aliphatic rings. The summed E-state index contributed by atoms with van der Waals surface area (Å²) in [5, 5.41) is 12.4. The van der Waals surface area contributed by atoms with E-state index in [0.29, 0.717) is 6.61 Å². The van der Waals surface area contributed by atoms with Gasteiger partial charge in [-0.1, -0.05) is 91.0 Å². The van der Waals surface area contributed by atoms with Gasteiger partial charge in [-0.25, -0.2) is 0 Å². The van der Waals surface area contributed by atoms with Gasteiger partial charge in [0.15, 0.2) is 0 Å². The van der Waals surface area contributed by atoms with E-state index >= 15 is 0 Å². The van der Waals surface area contributed by atoms with Crippen molar-refractivity contribution >= 4 is 16.7 Å². The van der Waals surface area contributed by atoms with Crippen molar-refractivity contribution in [3.8, 4) is 5.75 Å². The van der Waals surface area contributed by atoms with E-state index < -0.39 is 11.9 Å². The predicted molar refractivity (Wildman–Crippen MR) is 122 cm³/mol. The van der Waals surface area contributed by atoms with Crippen LogP contribution >= 0.6 is 0 Å². The Hall–Kier alpha value is -3.59. The number of rotatable bonds is 6. The molecule has 0 aromatic heterocycles. The topological polar surface area (TPSA) is 46.5 Å². The van der Waals surface area contributed by atoms with Crippen LogP contribution in [0.4, 0.5) is 0 Å². The molecule has 1 N–H and O–H groups in total. The Morgan fingerprint density at radius 2 is 1.26 bits per heavy atom. The maximum Gasteiger partial charge on any atom is 0.307 e. The normalized spacial score (nSPS) is 22.6. The van der Waals surface area contributed by atoms with Gasteiger partial charge >= 0.3 is 5.97 Å². The minimum absolute atomic E-state index is 0.0793. The number of hydrogen-bond donors (Lipinski definition) is 1. The molecule has 0 unspecified atom stereocenters. The molecule has 3 nitrogen and oxygen atoms in total. The number of carbonyl (C=O) groups is 1. The second-order valence-electron chi connectivity index (χ2n) is 8.22. The Labute approximate surface area is 181 Å². The maximum atomic E-state index is 12.3. The molecule has 3 heteroatoms. The zero-order valence-electron chi connectivity index (χ0n) is 17.1. The van der Waals surface area contributed by atoms with Gasteiger partial charge < -0.3 is 9.84 Å². The SMILES string of the molecule is O=C(O)[C@H]1[C@H](c2ccccc2)[C@@H](COc2ccc3ccccc3c2)[C@H]1c1ccccc1. The molecule has 0 aliphatic heterocycles. The second kappa shape index (κ2) is 8.27. The van der Waals surface area contributed by atoms with Crippen molar-refractivity contribution in [2.75, 3.05) is 6.61 Å². The number of aliphatic carboxylic acids is 1. The van der Waals surface area contributed by atoms with Crippen LogP contribution in [0.5, 0.6) is 5.75 Å². The zero-order valence-corrected chi connectivity index (χ0v) is 17.1. The summed E-state index contributed by atoms with van der Waals surface area (Å²) in [7, 11) is 0. The molecule has 31 heavy (non-hydrogen) atoms. The summed E-state index contributed by atoms with van der Waals surface area (Å²) in [5.41, 5.74) is 2.13. The quantitative estimate of drug-likeness (QED) is 0.418. The molecular weight excluding hydrogens is 384 g/mol.